The Morgan fingerprint density at radius 2 is 2.11 bits per heavy atom. The van der Waals surface area contributed by atoms with Gasteiger partial charge in [0.1, 0.15) is 5.82 Å². The first-order valence-electron chi connectivity index (χ1n) is 10.1. The second kappa shape index (κ2) is 7.38. The lowest BCUT2D eigenvalue weighted by molar-refractivity contribution is -0.0882. The fourth-order valence-corrected chi connectivity index (χ4v) is 4.36. The number of hydrogen-bond donors (Lipinski definition) is 1. The summed E-state index contributed by atoms with van der Waals surface area (Å²) in [6, 6.07) is 8.74. The number of benzene rings is 1. The highest BCUT2D eigenvalue weighted by atomic mass is 16.5. The van der Waals surface area contributed by atoms with Gasteiger partial charge in [-0.3, -0.25) is 4.90 Å². The van der Waals surface area contributed by atoms with Crippen molar-refractivity contribution in [3.63, 3.8) is 0 Å². The summed E-state index contributed by atoms with van der Waals surface area (Å²) in [4.78, 5) is 9.77. The van der Waals surface area contributed by atoms with Gasteiger partial charge in [0.2, 0.25) is 0 Å². The molecule has 2 fully saturated rings. The molecule has 0 bridgehead atoms. The fraction of sp³-hybridized carbons (Fsp3) is 0.591. The molecule has 0 spiro atoms. The number of ether oxygens (including phenoxy) is 1. The van der Waals surface area contributed by atoms with E-state index < -0.39 is 0 Å². The average molecular weight is 370 g/mol. The number of β-amino-alcohol motifs (C(OH)–C–C–N with tert-alkyl or cyclic N) is 1. The molecule has 0 aliphatic carbocycles. The fourth-order valence-electron chi connectivity index (χ4n) is 4.36. The lowest BCUT2D eigenvalue weighted by Crippen LogP contribution is -2.48. The molecule has 0 amide bonds. The van der Waals surface area contributed by atoms with Gasteiger partial charge < -0.3 is 14.7 Å². The van der Waals surface area contributed by atoms with Gasteiger partial charge in [0.05, 0.1) is 23.8 Å². The number of morpholine rings is 1. The van der Waals surface area contributed by atoms with Crippen LogP contribution in [-0.4, -0.2) is 59.5 Å². The van der Waals surface area contributed by atoms with E-state index in [1.807, 2.05) is 0 Å². The van der Waals surface area contributed by atoms with E-state index >= 15 is 0 Å². The van der Waals surface area contributed by atoms with Gasteiger partial charge >= 0.3 is 0 Å². The summed E-state index contributed by atoms with van der Waals surface area (Å²) in [7, 11) is 0. The highest BCUT2D eigenvalue weighted by molar-refractivity contribution is 5.82. The quantitative estimate of drug-likeness (QED) is 0.901. The molecule has 2 aliphatic rings. The van der Waals surface area contributed by atoms with Crippen LogP contribution in [0.4, 0.5) is 5.82 Å². The number of aromatic nitrogens is 1. The largest absolute Gasteiger partial charge is 0.391 e. The number of nitrogens with zero attached hydrogens (tertiary/aromatic N) is 3. The highest BCUT2D eigenvalue weighted by Crippen LogP contribution is 2.29. The zero-order valence-corrected chi connectivity index (χ0v) is 16.7. The number of aliphatic hydroxyl groups is 1. The standard InChI is InChI=1S/C22H31N3O2/c1-16-6-7-20-17(11-16)12-18(13-24-9-10-27-22(2,3)15-24)21(23-20)25-8-4-5-19(26)14-25/h6-7,11-12,19,26H,4-5,8-10,13-15H2,1-3H3/t19-/m0/s1. The number of hydrogen-bond acceptors (Lipinski definition) is 5. The molecule has 0 unspecified atom stereocenters. The predicted molar refractivity (Wildman–Crippen MR) is 109 cm³/mol. The van der Waals surface area contributed by atoms with E-state index in [2.05, 4.69) is 54.8 Å². The van der Waals surface area contributed by atoms with Crippen LogP contribution in [0.2, 0.25) is 0 Å². The molecule has 1 atom stereocenters. The Bertz CT molecular complexity index is 821. The van der Waals surface area contributed by atoms with Crippen LogP contribution in [0.5, 0.6) is 0 Å². The molecular weight excluding hydrogens is 338 g/mol. The van der Waals surface area contributed by atoms with Crippen LogP contribution in [0.25, 0.3) is 10.9 Å². The second-order valence-electron chi connectivity index (χ2n) is 8.73. The van der Waals surface area contributed by atoms with E-state index in [9.17, 15) is 5.11 Å². The molecule has 146 valence electrons. The second-order valence-corrected chi connectivity index (χ2v) is 8.73. The minimum Gasteiger partial charge on any atom is -0.391 e. The molecule has 5 heteroatoms. The smallest absolute Gasteiger partial charge is 0.133 e. The highest BCUT2D eigenvalue weighted by Gasteiger charge is 2.29. The molecule has 5 nitrogen and oxygen atoms in total. The van der Waals surface area contributed by atoms with Gasteiger partial charge in [0, 0.05) is 43.7 Å². The van der Waals surface area contributed by atoms with Crippen LogP contribution >= 0.6 is 0 Å². The number of aryl methyl sites for hydroxylation is 1. The van der Waals surface area contributed by atoms with Crippen molar-refractivity contribution in [3.05, 3.63) is 35.4 Å². The Morgan fingerprint density at radius 1 is 1.26 bits per heavy atom. The number of aliphatic hydroxyl groups excluding tert-OH is 1. The summed E-state index contributed by atoms with van der Waals surface area (Å²) in [6.07, 6.45) is 1.64. The van der Waals surface area contributed by atoms with E-state index in [0.29, 0.717) is 6.54 Å². The molecule has 1 aromatic heterocycles. The zero-order chi connectivity index (χ0) is 19.0. The maximum Gasteiger partial charge on any atom is 0.133 e. The number of piperidine rings is 1. The summed E-state index contributed by atoms with van der Waals surface area (Å²) >= 11 is 0. The first kappa shape index (κ1) is 18.7. The third-order valence-electron chi connectivity index (χ3n) is 5.62. The lowest BCUT2D eigenvalue weighted by atomic mass is 10.0. The summed E-state index contributed by atoms with van der Waals surface area (Å²) in [5.41, 5.74) is 3.42. The van der Waals surface area contributed by atoms with Crippen molar-refractivity contribution in [2.45, 2.75) is 51.9 Å². The van der Waals surface area contributed by atoms with E-state index in [-0.39, 0.29) is 11.7 Å². The zero-order valence-electron chi connectivity index (χ0n) is 16.7. The van der Waals surface area contributed by atoms with Gasteiger partial charge in [0.15, 0.2) is 0 Å². The van der Waals surface area contributed by atoms with Crippen molar-refractivity contribution < 1.29 is 9.84 Å². The van der Waals surface area contributed by atoms with Crippen molar-refractivity contribution >= 4 is 16.7 Å². The van der Waals surface area contributed by atoms with E-state index in [1.54, 1.807) is 0 Å². The third-order valence-corrected chi connectivity index (χ3v) is 5.62. The van der Waals surface area contributed by atoms with Gasteiger partial charge in [-0.2, -0.15) is 0 Å². The van der Waals surface area contributed by atoms with Gasteiger partial charge in [0.25, 0.3) is 0 Å². The summed E-state index contributed by atoms with van der Waals surface area (Å²) in [6.45, 7) is 11.6. The molecule has 3 heterocycles. The number of pyridine rings is 1. The molecule has 1 aromatic carbocycles. The van der Waals surface area contributed by atoms with Gasteiger partial charge in [-0.05, 0) is 51.8 Å². The van der Waals surface area contributed by atoms with E-state index in [1.165, 1.54) is 16.5 Å². The van der Waals surface area contributed by atoms with Crippen LogP contribution in [-0.2, 0) is 11.3 Å². The molecular formula is C22H31N3O2. The number of fused-ring (bicyclic) bond motifs is 1. The van der Waals surface area contributed by atoms with Gasteiger partial charge in [-0.25, -0.2) is 4.98 Å². The normalized spacial score (nSPS) is 23.7. The van der Waals surface area contributed by atoms with Crippen molar-refractivity contribution in [1.82, 2.24) is 9.88 Å². The van der Waals surface area contributed by atoms with Crippen LogP contribution < -0.4 is 4.90 Å². The first-order valence-corrected chi connectivity index (χ1v) is 10.1. The third kappa shape index (κ3) is 4.26. The molecule has 0 saturated carbocycles. The summed E-state index contributed by atoms with van der Waals surface area (Å²) < 4.78 is 5.88. The van der Waals surface area contributed by atoms with Crippen LogP contribution in [0.15, 0.2) is 24.3 Å². The molecule has 2 saturated heterocycles. The minimum absolute atomic E-state index is 0.111. The Hall–Kier alpha value is -1.69. The summed E-state index contributed by atoms with van der Waals surface area (Å²) in [5.74, 6) is 1.04. The van der Waals surface area contributed by atoms with Crippen molar-refractivity contribution in [2.24, 2.45) is 0 Å². The van der Waals surface area contributed by atoms with Crippen molar-refractivity contribution in [2.75, 3.05) is 37.7 Å². The topological polar surface area (TPSA) is 48.8 Å². The monoisotopic (exact) mass is 369 g/mol. The van der Waals surface area contributed by atoms with Gasteiger partial charge in [-0.15, -0.1) is 0 Å². The average Bonchev–Trinajstić information content (AvgIpc) is 2.60. The van der Waals surface area contributed by atoms with Gasteiger partial charge in [-0.1, -0.05) is 11.6 Å². The first-order chi connectivity index (χ1) is 12.9. The molecule has 2 aromatic rings. The Balaban J connectivity index is 1.70. The van der Waals surface area contributed by atoms with Crippen LogP contribution in [0, 0.1) is 6.92 Å². The van der Waals surface area contributed by atoms with Crippen LogP contribution in [0.1, 0.15) is 37.8 Å². The summed E-state index contributed by atoms with van der Waals surface area (Å²) in [5, 5.41) is 11.4. The molecule has 1 N–H and O–H groups in total. The van der Waals surface area contributed by atoms with E-state index in [0.717, 1.165) is 57.0 Å². The Labute approximate surface area is 161 Å². The number of rotatable bonds is 3. The van der Waals surface area contributed by atoms with Crippen molar-refractivity contribution in [3.8, 4) is 0 Å². The molecule has 4 rings (SSSR count). The SMILES string of the molecule is Cc1ccc2nc(N3CCC[C@H](O)C3)c(CN3CCOC(C)(C)C3)cc2c1. The lowest BCUT2D eigenvalue weighted by Gasteiger charge is -2.39. The molecule has 2 aliphatic heterocycles. The maximum atomic E-state index is 10.2. The van der Waals surface area contributed by atoms with Crippen molar-refractivity contribution in [1.29, 1.82) is 0 Å². The Kier molecular flexibility index (Phi) is 5.10. The maximum absolute atomic E-state index is 10.2. The predicted octanol–water partition coefficient (Wildman–Crippen LogP) is 3.12. The molecule has 27 heavy (non-hydrogen) atoms. The van der Waals surface area contributed by atoms with E-state index in [4.69, 9.17) is 9.72 Å². The minimum atomic E-state index is -0.260. The number of anilines is 1. The Morgan fingerprint density at radius 3 is 2.89 bits per heavy atom. The molecule has 0 radical (unpaired) electrons. The van der Waals surface area contributed by atoms with Crippen LogP contribution in [0.3, 0.4) is 0 Å².